The Morgan fingerprint density at radius 3 is 2.77 bits per heavy atom. The van der Waals surface area contributed by atoms with Gasteiger partial charge < -0.3 is 10.4 Å². The van der Waals surface area contributed by atoms with Crippen molar-refractivity contribution in [3.05, 3.63) is 34.9 Å². The predicted octanol–water partition coefficient (Wildman–Crippen LogP) is 4.50. The van der Waals surface area contributed by atoms with Crippen molar-refractivity contribution in [2.75, 3.05) is 13.1 Å². The molecule has 2 atom stereocenters. The molecular formula is C19H28ClNO. The molecule has 2 fully saturated rings. The molecule has 1 aromatic carbocycles. The number of nitrogens with one attached hydrogen (secondary N) is 1. The molecule has 3 heteroatoms. The number of hydrogen-bond donors (Lipinski definition) is 2. The molecule has 0 bridgehead atoms. The molecule has 0 unspecified atom stereocenters. The first-order chi connectivity index (χ1) is 10.7. The van der Waals surface area contributed by atoms with E-state index < -0.39 is 5.60 Å². The quantitative estimate of drug-likeness (QED) is 0.725. The van der Waals surface area contributed by atoms with Crippen LogP contribution in [0.1, 0.15) is 56.9 Å². The maximum Gasteiger partial charge on any atom is 0.0937 e. The minimum absolute atomic E-state index is 0.292. The molecule has 0 aromatic heterocycles. The molecule has 0 amide bonds. The van der Waals surface area contributed by atoms with Gasteiger partial charge in [-0.3, -0.25) is 0 Å². The Balaban J connectivity index is 1.70. The Kier molecular flexibility index (Phi) is 5.43. The first kappa shape index (κ1) is 16.3. The van der Waals surface area contributed by atoms with E-state index in [1.165, 1.54) is 25.7 Å². The summed E-state index contributed by atoms with van der Waals surface area (Å²) in [5.74, 6) is 1.27. The molecule has 2 aliphatic rings. The van der Waals surface area contributed by atoms with Gasteiger partial charge in [0, 0.05) is 17.5 Å². The van der Waals surface area contributed by atoms with Crippen LogP contribution in [0.2, 0.25) is 5.02 Å². The average molecular weight is 322 g/mol. The van der Waals surface area contributed by atoms with Crippen LogP contribution in [0.25, 0.3) is 0 Å². The zero-order valence-electron chi connectivity index (χ0n) is 13.4. The standard InChI is InChI=1S/C19H28ClNO/c20-18-8-3-6-16(13-18)19(22,17-7-4-12-21-14-17)11-2-1-5-15-9-10-15/h3,6,8,13,15,17,21-22H,1-2,4-5,7,9-12,14H2/t17-,19-/m1/s1. The van der Waals surface area contributed by atoms with Gasteiger partial charge in [-0.05, 0) is 49.4 Å². The number of halogens is 1. The van der Waals surface area contributed by atoms with Crippen LogP contribution in [0, 0.1) is 11.8 Å². The van der Waals surface area contributed by atoms with Crippen LogP contribution >= 0.6 is 11.6 Å². The first-order valence-electron chi connectivity index (χ1n) is 8.87. The number of benzene rings is 1. The van der Waals surface area contributed by atoms with Crippen molar-refractivity contribution >= 4 is 11.6 Å². The smallest absolute Gasteiger partial charge is 0.0937 e. The minimum atomic E-state index is -0.734. The topological polar surface area (TPSA) is 32.3 Å². The van der Waals surface area contributed by atoms with Crippen LogP contribution in [0.4, 0.5) is 0 Å². The Labute approximate surface area is 139 Å². The zero-order chi connectivity index (χ0) is 15.4. The molecule has 122 valence electrons. The van der Waals surface area contributed by atoms with Crippen LogP contribution < -0.4 is 5.32 Å². The predicted molar refractivity (Wildman–Crippen MR) is 92.1 cm³/mol. The fourth-order valence-electron chi connectivity index (χ4n) is 3.84. The highest BCUT2D eigenvalue weighted by atomic mass is 35.5. The third-order valence-electron chi connectivity index (χ3n) is 5.41. The minimum Gasteiger partial charge on any atom is -0.385 e. The largest absolute Gasteiger partial charge is 0.385 e. The number of rotatable bonds is 7. The molecule has 3 rings (SSSR count). The lowest BCUT2D eigenvalue weighted by Crippen LogP contribution is -2.44. The van der Waals surface area contributed by atoms with Gasteiger partial charge in [-0.1, -0.05) is 55.8 Å². The van der Waals surface area contributed by atoms with E-state index in [2.05, 4.69) is 5.32 Å². The van der Waals surface area contributed by atoms with Crippen LogP contribution in [-0.4, -0.2) is 18.2 Å². The fraction of sp³-hybridized carbons (Fsp3) is 0.684. The van der Waals surface area contributed by atoms with Gasteiger partial charge in [-0.25, -0.2) is 0 Å². The van der Waals surface area contributed by atoms with Gasteiger partial charge in [-0.15, -0.1) is 0 Å². The van der Waals surface area contributed by atoms with Crippen molar-refractivity contribution in [1.29, 1.82) is 0 Å². The van der Waals surface area contributed by atoms with Gasteiger partial charge in [0.2, 0.25) is 0 Å². The highest BCUT2D eigenvalue weighted by molar-refractivity contribution is 6.30. The van der Waals surface area contributed by atoms with Crippen molar-refractivity contribution < 1.29 is 5.11 Å². The van der Waals surface area contributed by atoms with Crippen LogP contribution in [0.5, 0.6) is 0 Å². The van der Waals surface area contributed by atoms with Crippen LogP contribution in [-0.2, 0) is 5.60 Å². The maximum absolute atomic E-state index is 11.5. The maximum atomic E-state index is 11.5. The van der Waals surface area contributed by atoms with Gasteiger partial charge in [0.25, 0.3) is 0 Å². The lowest BCUT2D eigenvalue weighted by Gasteiger charge is -2.39. The van der Waals surface area contributed by atoms with E-state index in [1.54, 1.807) is 0 Å². The van der Waals surface area contributed by atoms with E-state index in [9.17, 15) is 5.11 Å². The number of aliphatic hydroxyl groups is 1. The summed E-state index contributed by atoms with van der Waals surface area (Å²) in [5, 5.41) is 15.7. The highest BCUT2D eigenvalue weighted by Crippen LogP contribution is 2.40. The van der Waals surface area contributed by atoms with Gasteiger partial charge in [-0.2, -0.15) is 0 Å². The van der Waals surface area contributed by atoms with Gasteiger partial charge >= 0.3 is 0 Å². The Morgan fingerprint density at radius 1 is 1.23 bits per heavy atom. The van der Waals surface area contributed by atoms with Crippen molar-refractivity contribution in [2.24, 2.45) is 11.8 Å². The lowest BCUT2D eigenvalue weighted by atomic mass is 9.74. The van der Waals surface area contributed by atoms with E-state index >= 15 is 0 Å². The molecule has 1 aliphatic carbocycles. The summed E-state index contributed by atoms with van der Waals surface area (Å²) in [4.78, 5) is 0. The summed E-state index contributed by atoms with van der Waals surface area (Å²) in [5.41, 5.74) is 0.266. The van der Waals surface area contributed by atoms with E-state index in [4.69, 9.17) is 11.6 Å². The summed E-state index contributed by atoms with van der Waals surface area (Å²) in [7, 11) is 0. The number of unbranched alkanes of at least 4 members (excludes halogenated alkanes) is 1. The molecule has 1 aliphatic heterocycles. The Bertz CT molecular complexity index is 482. The fourth-order valence-corrected chi connectivity index (χ4v) is 4.03. The highest BCUT2D eigenvalue weighted by Gasteiger charge is 2.38. The molecule has 1 saturated carbocycles. The second kappa shape index (κ2) is 7.33. The van der Waals surface area contributed by atoms with E-state index in [0.717, 1.165) is 55.3 Å². The number of piperidine rings is 1. The first-order valence-corrected chi connectivity index (χ1v) is 9.25. The molecule has 1 saturated heterocycles. The normalized spacial score (nSPS) is 24.9. The second-order valence-corrected chi connectivity index (χ2v) is 7.60. The molecule has 2 N–H and O–H groups in total. The van der Waals surface area contributed by atoms with Gasteiger partial charge in [0.1, 0.15) is 0 Å². The molecule has 0 spiro atoms. The summed E-state index contributed by atoms with van der Waals surface area (Å²) < 4.78 is 0. The van der Waals surface area contributed by atoms with Crippen molar-refractivity contribution in [3.8, 4) is 0 Å². The Morgan fingerprint density at radius 2 is 2.09 bits per heavy atom. The third-order valence-corrected chi connectivity index (χ3v) is 5.65. The summed E-state index contributed by atoms with van der Waals surface area (Å²) in [6.07, 6.45) is 9.63. The summed E-state index contributed by atoms with van der Waals surface area (Å²) in [6, 6.07) is 7.85. The van der Waals surface area contributed by atoms with Crippen molar-refractivity contribution in [3.63, 3.8) is 0 Å². The van der Waals surface area contributed by atoms with Crippen molar-refractivity contribution in [2.45, 2.75) is 57.0 Å². The van der Waals surface area contributed by atoms with Gasteiger partial charge in [0.15, 0.2) is 0 Å². The van der Waals surface area contributed by atoms with Crippen molar-refractivity contribution in [1.82, 2.24) is 5.32 Å². The van der Waals surface area contributed by atoms with E-state index in [1.807, 2.05) is 24.3 Å². The van der Waals surface area contributed by atoms with E-state index in [-0.39, 0.29) is 0 Å². The average Bonchev–Trinajstić information content (AvgIpc) is 3.36. The van der Waals surface area contributed by atoms with Crippen LogP contribution in [0.15, 0.2) is 24.3 Å². The van der Waals surface area contributed by atoms with E-state index in [0.29, 0.717) is 5.92 Å². The summed E-state index contributed by atoms with van der Waals surface area (Å²) in [6.45, 7) is 1.98. The number of hydrogen-bond acceptors (Lipinski definition) is 2. The molecule has 22 heavy (non-hydrogen) atoms. The molecule has 1 aromatic rings. The van der Waals surface area contributed by atoms with Gasteiger partial charge in [0.05, 0.1) is 5.60 Å². The third kappa shape index (κ3) is 4.04. The molecule has 0 radical (unpaired) electrons. The molecular weight excluding hydrogens is 294 g/mol. The molecule has 2 nitrogen and oxygen atoms in total. The second-order valence-electron chi connectivity index (χ2n) is 7.17. The molecule has 1 heterocycles. The van der Waals surface area contributed by atoms with Crippen LogP contribution in [0.3, 0.4) is 0 Å². The monoisotopic (exact) mass is 321 g/mol. The summed E-state index contributed by atoms with van der Waals surface area (Å²) >= 11 is 6.17. The Hall–Kier alpha value is -0.570. The zero-order valence-corrected chi connectivity index (χ0v) is 14.1. The lowest BCUT2D eigenvalue weighted by molar-refractivity contribution is -0.0427. The SMILES string of the molecule is O[C@](CCCCC1CC1)(c1cccc(Cl)c1)[C@@H]1CCCNC1.